The lowest BCUT2D eigenvalue weighted by atomic mass is 10.0. The second-order valence-electron chi connectivity index (χ2n) is 3.81. The summed E-state index contributed by atoms with van der Waals surface area (Å²) in [7, 11) is -2.46. The van der Waals surface area contributed by atoms with E-state index in [9.17, 15) is 4.21 Å². The van der Waals surface area contributed by atoms with Crippen LogP contribution in [0.2, 0.25) is 0 Å². The maximum Gasteiger partial charge on any atom is 0.107 e. The number of rotatable bonds is 3. The molecule has 3 unspecified atom stereocenters. The van der Waals surface area contributed by atoms with Crippen molar-refractivity contribution < 1.29 is 4.21 Å². The first-order valence-electron chi connectivity index (χ1n) is 5.06. The zero-order valence-electron chi connectivity index (χ0n) is 8.75. The first-order chi connectivity index (χ1) is 6.03. The fraction of sp³-hybridized carbons (Fsp3) is 1.00. The molecule has 3 nitrogen and oxygen atoms in total. The lowest BCUT2D eigenvalue weighted by molar-refractivity contribution is 0.352. The molecule has 0 bridgehead atoms. The Bertz CT molecular complexity index is 261. The van der Waals surface area contributed by atoms with Crippen molar-refractivity contribution in [2.75, 3.05) is 12.3 Å². The Morgan fingerprint density at radius 3 is 2.62 bits per heavy atom. The minimum Gasteiger partial charge on any atom is -0.240 e. The predicted molar refractivity (Wildman–Crippen MR) is 56.0 cm³/mol. The van der Waals surface area contributed by atoms with Crippen LogP contribution in [0.5, 0.6) is 0 Å². The quantitative estimate of drug-likeness (QED) is 0.751. The van der Waals surface area contributed by atoms with Gasteiger partial charge in [0.15, 0.2) is 0 Å². The maximum atomic E-state index is 11.9. The third-order valence-corrected chi connectivity index (χ3v) is 5.01. The highest BCUT2D eigenvalue weighted by molar-refractivity contribution is 7.90. The van der Waals surface area contributed by atoms with Crippen LogP contribution in [0.15, 0.2) is 0 Å². The Hall–Kier alpha value is -0.0900. The van der Waals surface area contributed by atoms with Gasteiger partial charge in [-0.1, -0.05) is 20.8 Å². The second-order valence-corrected chi connectivity index (χ2v) is 6.14. The highest BCUT2D eigenvalue weighted by Gasteiger charge is 2.34. The van der Waals surface area contributed by atoms with Crippen molar-refractivity contribution in [2.24, 2.45) is 5.92 Å². The van der Waals surface area contributed by atoms with E-state index in [0.717, 1.165) is 19.4 Å². The summed E-state index contributed by atoms with van der Waals surface area (Å²) in [4.78, 5) is 0. The van der Waals surface area contributed by atoms with Crippen molar-refractivity contribution in [3.8, 4) is 0 Å². The lowest BCUT2D eigenvalue weighted by Gasteiger charge is -2.26. The summed E-state index contributed by atoms with van der Waals surface area (Å²) in [6.07, 6.45) is 2.10. The summed E-state index contributed by atoms with van der Waals surface area (Å²) >= 11 is 0. The first-order valence-corrected chi connectivity index (χ1v) is 6.74. The van der Waals surface area contributed by atoms with E-state index < -0.39 is 9.92 Å². The van der Waals surface area contributed by atoms with Gasteiger partial charge in [-0.15, -0.1) is 0 Å². The Labute approximate surface area is 81.6 Å². The van der Waals surface area contributed by atoms with Gasteiger partial charge in [0.25, 0.3) is 0 Å². The third-order valence-electron chi connectivity index (χ3n) is 3.02. The average Bonchev–Trinajstić information content (AvgIpc) is 2.47. The Balaban J connectivity index is 2.82. The maximum absolute atomic E-state index is 11.9. The molecule has 0 aromatic carbocycles. The van der Waals surface area contributed by atoms with Crippen LogP contribution < -0.4 is 0 Å². The molecule has 0 amide bonds. The summed E-state index contributed by atoms with van der Waals surface area (Å²) in [6.45, 7) is 6.99. The highest BCUT2D eigenvalue weighted by Crippen LogP contribution is 2.28. The van der Waals surface area contributed by atoms with Crippen LogP contribution in [0.25, 0.3) is 0 Å². The largest absolute Gasteiger partial charge is 0.240 e. The van der Waals surface area contributed by atoms with Gasteiger partial charge in [-0.3, -0.25) is 0 Å². The molecule has 13 heavy (non-hydrogen) atoms. The van der Waals surface area contributed by atoms with E-state index in [1.54, 1.807) is 0 Å². The zero-order valence-corrected chi connectivity index (χ0v) is 9.56. The summed E-state index contributed by atoms with van der Waals surface area (Å²) in [5, 5.41) is 0. The van der Waals surface area contributed by atoms with E-state index in [0.29, 0.717) is 17.7 Å². The molecule has 4 heteroatoms. The van der Waals surface area contributed by atoms with Gasteiger partial charge < -0.3 is 0 Å². The van der Waals surface area contributed by atoms with Crippen molar-refractivity contribution in [1.29, 1.82) is 4.78 Å². The minimum absolute atomic E-state index is 0.366. The second kappa shape index (κ2) is 3.96. The van der Waals surface area contributed by atoms with Crippen molar-refractivity contribution in [3.05, 3.63) is 0 Å². The van der Waals surface area contributed by atoms with Crippen LogP contribution in [0.3, 0.4) is 0 Å². The van der Waals surface area contributed by atoms with E-state index in [4.69, 9.17) is 4.78 Å². The fourth-order valence-electron chi connectivity index (χ4n) is 2.11. The van der Waals surface area contributed by atoms with Crippen molar-refractivity contribution in [3.63, 3.8) is 0 Å². The van der Waals surface area contributed by atoms with Crippen LogP contribution in [0.1, 0.15) is 33.6 Å². The van der Waals surface area contributed by atoms with Crippen molar-refractivity contribution in [1.82, 2.24) is 4.31 Å². The Kier molecular flexibility index (Phi) is 3.35. The molecule has 78 valence electrons. The average molecular weight is 204 g/mol. The summed E-state index contributed by atoms with van der Waals surface area (Å²) < 4.78 is 21.5. The summed E-state index contributed by atoms with van der Waals surface area (Å²) in [5.41, 5.74) is 0. The molecule has 1 saturated heterocycles. The normalized spacial score (nSPS) is 34.7. The van der Waals surface area contributed by atoms with Crippen LogP contribution in [-0.2, 0) is 9.92 Å². The van der Waals surface area contributed by atoms with Gasteiger partial charge in [0, 0.05) is 18.3 Å². The molecule has 0 aliphatic carbocycles. The molecular formula is C9H20N2OS. The molecular weight excluding hydrogens is 184 g/mol. The van der Waals surface area contributed by atoms with Gasteiger partial charge in [-0.2, -0.15) is 0 Å². The highest BCUT2D eigenvalue weighted by atomic mass is 32.2. The van der Waals surface area contributed by atoms with E-state index >= 15 is 0 Å². The van der Waals surface area contributed by atoms with Gasteiger partial charge in [-0.25, -0.2) is 13.3 Å². The lowest BCUT2D eigenvalue weighted by Crippen LogP contribution is -2.37. The Morgan fingerprint density at radius 1 is 1.54 bits per heavy atom. The third kappa shape index (κ3) is 2.05. The molecule has 0 radical (unpaired) electrons. The molecule has 0 aromatic rings. The zero-order chi connectivity index (χ0) is 10.1. The molecule has 1 rings (SSSR count). The van der Waals surface area contributed by atoms with Crippen molar-refractivity contribution >= 4 is 9.92 Å². The smallest absolute Gasteiger partial charge is 0.107 e. The fourth-order valence-corrected chi connectivity index (χ4v) is 3.64. The van der Waals surface area contributed by atoms with Gasteiger partial charge >= 0.3 is 0 Å². The monoisotopic (exact) mass is 204 g/mol. The van der Waals surface area contributed by atoms with E-state index in [-0.39, 0.29) is 0 Å². The summed E-state index contributed by atoms with van der Waals surface area (Å²) in [6, 6.07) is 0.366. The summed E-state index contributed by atoms with van der Waals surface area (Å²) in [5.74, 6) is 1.05. The molecule has 3 atom stereocenters. The van der Waals surface area contributed by atoms with Gasteiger partial charge in [0.2, 0.25) is 0 Å². The van der Waals surface area contributed by atoms with Gasteiger partial charge in [0.05, 0.1) is 0 Å². The molecule has 0 saturated carbocycles. The molecule has 1 aliphatic heterocycles. The number of nitrogens with one attached hydrogen (secondary N) is 1. The van der Waals surface area contributed by atoms with Crippen LogP contribution in [0.4, 0.5) is 0 Å². The van der Waals surface area contributed by atoms with E-state index in [1.165, 1.54) is 0 Å². The van der Waals surface area contributed by atoms with E-state index in [1.807, 2.05) is 11.2 Å². The van der Waals surface area contributed by atoms with Crippen LogP contribution in [0, 0.1) is 10.7 Å². The van der Waals surface area contributed by atoms with Crippen LogP contribution in [-0.4, -0.2) is 26.9 Å². The number of hydrogen-bond donors (Lipinski definition) is 1. The van der Waals surface area contributed by atoms with Crippen LogP contribution >= 0.6 is 0 Å². The van der Waals surface area contributed by atoms with Crippen molar-refractivity contribution in [2.45, 2.75) is 39.7 Å². The molecule has 1 fully saturated rings. The Morgan fingerprint density at radius 2 is 2.15 bits per heavy atom. The molecule has 1 N–H and O–H groups in total. The minimum atomic E-state index is -2.46. The van der Waals surface area contributed by atoms with E-state index in [2.05, 4.69) is 13.8 Å². The van der Waals surface area contributed by atoms with Gasteiger partial charge in [-0.05, 0) is 18.8 Å². The topological polar surface area (TPSA) is 44.2 Å². The molecule has 0 spiro atoms. The standard InChI is InChI=1S/C9H20N2OS/c1-4-9-8(3)6-7-11(9)13(10,12)5-2/h8-10H,4-7H2,1-3H3. The van der Waals surface area contributed by atoms with Gasteiger partial charge in [0.1, 0.15) is 9.92 Å². The molecule has 1 heterocycles. The first kappa shape index (κ1) is 11.0. The number of hydrogen-bond acceptors (Lipinski definition) is 2. The molecule has 0 aromatic heterocycles. The number of nitrogens with zero attached hydrogens (tertiary/aromatic N) is 1. The predicted octanol–water partition coefficient (Wildman–Crippen LogP) is 2.09. The SMILES string of the molecule is CCC1C(C)CCN1S(=N)(=O)CC. The molecule has 1 aliphatic rings.